The summed E-state index contributed by atoms with van der Waals surface area (Å²) in [7, 11) is 2.12. The average Bonchev–Trinajstić information content (AvgIpc) is 2.96. The van der Waals surface area contributed by atoms with E-state index in [4.69, 9.17) is 9.26 Å². The highest BCUT2D eigenvalue weighted by molar-refractivity contribution is 5.79. The van der Waals surface area contributed by atoms with Crippen molar-refractivity contribution >= 4 is 5.91 Å². The number of aryl methyl sites for hydroxylation is 2. The minimum atomic E-state index is 0.176. The van der Waals surface area contributed by atoms with Gasteiger partial charge < -0.3 is 14.2 Å². The minimum Gasteiger partial charge on any atom is -0.375 e. The molecule has 0 spiro atoms. The second kappa shape index (κ2) is 7.01. The van der Waals surface area contributed by atoms with E-state index in [1.165, 1.54) is 0 Å². The first-order chi connectivity index (χ1) is 11.1. The van der Waals surface area contributed by atoms with E-state index in [0.717, 1.165) is 62.5 Å². The van der Waals surface area contributed by atoms with Crippen LogP contribution in [0.1, 0.15) is 37.3 Å². The Hall–Kier alpha value is -1.40. The zero-order chi connectivity index (χ0) is 16.4. The lowest BCUT2D eigenvalue weighted by Gasteiger charge is -2.45. The largest absolute Gasteiger partial charge is 0.375 e. The van der Waals surface area contributed by atoms with Crippen molar-refractivity contribution < 1.29 is 14.1 Å². The Bertz CT molecular complexity index is 536. The maximum Gasteiger partial charge on any atom is 0.227 e. The van der Waals surface area contributed by atoms with Crippen LogP contribution in [0.3, 0.4) is 0 Å². The van der Waals surface area contributed by atoms with Crippen LogP contribution >= 0.6 is 0 Å². The maximum atomic E-state index is 12.8. The predicted molar refractivity (Wildman–Crippen MR) is 86.3 cm³/mol. The van der Waals surface area contributed by atoms with Crippen molar-refractivity contribution in [1.82, 2.24) is 15.0 Å². The van der Waals surface area contributed by atoms with Gasteiger partial charge in [0.2, 0.25) is 5.91 Å². The molecule has 1 aromatic heterocycles. The number of hydrogen-bond donors (Lipinski definition) is 0. The normalized spacial score (nSPS) is 25.4. The lowest BCUT2D eigenvalue weighted by atomic mass is 9.98. The zero-order valence-corrected chi connectivity index (χ0v) is 14.4. The second-order valence-corrected chi connectivity index (χ2v) is 6.50. The number of likely N-dealkylation sites (tertiary alicyclic amines) is 1. The second-order valence-electron chi connectivity index (χ2n) is 6.50. The van der Waals surface area contributed by atoms with Crippen molar-refractivity contribution in [2.75, 3.05) is 33.3 Å². The third-order valence-electron chi connectivity index (χ3n) is 5.15. The van der Waals surface area contributed by atoms with E-state index >= 15 is 0 Å². The van der Waals surface area contributed by atoms with E-state index in [2.05, 4.69) is 17.1 Å². The number of fused-ring (bicyclic) bond motifs is 1. The minimum absolute atomic E-state index is 0.176. The average molecular weight is 321 g/mol. The van der Waals surface area contributed by atoms with Crippen LogP contribution in [0.2, 0.25) is 0 Å². The fourth-order valence-corrected chi connectivity index (χ4v) is 3.67. The van der Waals surface area contributed by atoms with E-state index in [9.17, 15) is 4.79 Å². The van der Waals surface area contributed by atoms with Crippen LogP contribution in [0.15, 0.2) is 4.52 Å². The Balaban J connectivity index is 1.68. The summed E-state index contributed by atoms with van der Waals surface area (Å²) in [5.74, 6) is 1.03. The molecule has 23 heavy (non-hydrogen) atoms. The molecule has 6 nitrogen and oxygen atoms in total. The van der Waals surface area contributed by atoms with Gasteiger partial charge in [-0.15, -0.1) is 0 Å². The van der Waals surface area contributed by atoms with E-state index in [0.29, 0.717) is 12.5 Å². The van der Waals surface area contributed by atoms with Gasteiger partial charge >= 0.3 is 0 Å². The quantitative estimate of drug-likeness (QED) is 0.836. The summed E-state index contributed by atoms with van der Waals surface area (Å²) in [6, 6.07) is 0.320. The smallest absolute Gasteiger partial charge is 0.227 e. The van der Waals surface area contributed by atoms with Gasteiger partial charge in [0.15, 0.2) is 0 Å². The third kappa shape index (κ3) is 3.28. The van der Waals surface area contributed by atoms with Gasteiger partial charge in [-0.2, -0.15) is 0 Å². The van der Waals surface area contributed by atoms with Crippen LogP contribution in [-0.2, 0) is 28.8 Å². The lowest BCUT2D eigenvalue weighted by molar-refractivity contribution is -0.140. The number of likely N-dealkylation sites (N-methyl/N-ethyl adjacent to an activating group) is 1. The van der Waals surface area contributed by atoms with Gasteiger partial charge in [-0.05, 0) is 19.9 Å². The Labute approximate surface area is 137 Å². The Morgan fingerprint density at radius 1 is 1.30 bits per heavy atom. The van der Waals surface area contributed by atoms with Crippen LogP contribution < -0.4 is 0 Å². The molecular weight excluding hydrogens is 294 g/mol. The maximum absolute atomic E-state index is 12.8. The van der Waals surface area contributed by atoms with Crippen LogP contribution in [0, 0.1) is 0 Å². The fourth-order valence-electron chi connectivity index (χ4n) is 3.67. The van der Waals surface area contributed by atoms with Gasteiger partial charge in [-0.25, -0.2) is 0 Å². The molecule has 0 N–H and O–H groups in total. The molecule has 1 aromatic rings. The topological polar surface area (TPSA) is 58.8 Å². The van der Waals surface area contributed by atoms with Gasteiger partial charge in [0.25, 0.3) is 0 Å². The van der Waals surface area contributed by atoms with Gasteiger partial charge in [-0.3, -0.25) is 9.69 Å². The van der Waals surface area contributed by atoms with Crippen LogP contribution in [-0.4, -0.2) is 66.3 Å². The first-order valence-electron chi connectivity index (χ1n) is 8.69. The number of nitrogens with zero attached hydrogens (tertiary/aromatic N) is 3. The summed E-state index contributed by atoms with van der Waals surface area (Å²) < 4.78 is 11.2. The van der Waals surface area contributed by atoms with E-state index in [-0.39, 0.29) is 12.0 Å². The highest BCUT2D eigenvalue weighted by atomic mass is 16.5. The summed E-state index contributed by atoms with van der Waals surface area (Å²) in [5.41, 5.74) is 1.92. The van der Waals surface area contributed by atoms with Crippen LogP contribution in [0.5, 0.6) is 0 Å². The molecule has 0 aliphatic carbocycles. The first kappa shape index (κ1) is 16.5. The lowest BCUT2D eigenvalue weighted by Crippen LogP contribution is -2.59. The van der Waals surface area contributed by atoms with Gasteiger partial charge in [-0.1, -0.05) is 19.0 Å². The summed E-state index contributed by atoms with van der Waals surface area (Å²) >= 11 is 0. The monoisotopic (exact) mass is 321 g/mol. The number of amides is 1. The molecule has 0 bridgehead atoms. The summed E-state index contributed by atoms with van der Waals surface area (Å²) in [5, 5.41) is 4.11. The van der Waals surface area contributed by atoms with Gasteiger partial charge in [0.1, 0.15) is 5.76 Å². The zero-order valence-electron chi connectivity index (χ0n) is 14.4. The van der Waals surface area contributed by atoms with E-state index in [1.54, 1.807) is 0 Å². The summed E-state index contributed by atoms with van der Waals surface area (Å²) in [6.07, 6.45) is 3.17. The Morgan fingerprint density at radius 3 is 2.87 bits per heavy atom. The van der Waals surface area contributed by atoms with Crippen molar-refractivity contribution in [1.29, 1.82) is 0 Å². The SMILES string of the molecule is CCc1noc(CC)c1CC(=O)N1CC[C@@H]2OCCN(C)[C@H]2C1. The molecule has 6 heteroatoms. The molecule has 2 aliphatic rings. The number of piperidine rings is 1. The number of ether oxygens (including phenoxy) is 1. The molecule has 0 saturated carbocycles. The van der Waals surface area contributed by atoms with E-state index < -0.39 is 0 Å². The summed E-state index contributed by atoms with van der Waals surface area (Å²) in [6.45, 7) is 7.36. The number of carbonyl (C=O) groups excluding carboxylic acids is 1. The van der Waals surface area contributed by atoms with Crippen molar-refractivity contribution in [3.63, 3.8) is 0 Å². The van der Waals surface area contributed by atoms with E-state index in [1.807, 2.05) is 18.7 Å². The molecule has 128 valence electrons. The molecule has 2 fully saturated rings. The van der Waals surface area contributed by atoms with Crippen molar-refractivity contribution in [2.45, 2.75) is 51.7 Å². The van der Waals surface area contributed by atoms with Crippen molar-refractivity contribution in [3.05, 3.63) is 17.0 Å². The van der Waals surface area contributed by atoms with Crippen molar-refractivity contribution in [2.24, 2.45) is 0 Å². The molecule has 0 unspecified atom stereocenters. The molecule has 3 rings (SSSR count). The van der Waals surface area contributed by atoms with Crippen molar-refractivity contribution in [3.8, 4) is 0 Å². The van der Waals surface area contributed by atoms with Gasteiger partial charge in [0.05, 0.1) is 30.9 Å². The summed E-state index contributed by atoms with van der Waals surface area (Å²) in [4.78, 5) is 17.1. The Kier molecular flexibility index (Phi) is 5.02. The fraction of sp³-hybridized carbons (Fsp3) is 0.765. The third-order valence-corrected chi connectivity index (χ3v) is 5.15. The number of carbonyl (C=O) groups is 1. The first-order valence-corrected chi connectivity index (χ1v) is 8.69. The molecule has 0 aromatic carbocycles. The Morgan fingerprint density at radius 2 is 2.13 bits per heavy atom. The molecule has 2 aliphatic heterocycles. The molecule has 0 radical (unpaired) electrons. The molecule has 2 saturated heterocycles. The highest BCUT2D eigenvalue weighted by Crippen LogP contribution is 2.23. The number of aromatic nitrogens is 1. The standard InChI is InChI=1S/C17H27N3O3/c1-4-13-12(15(5-2)23-18-13)10-17(21)20-7-6-16-14(11-20)19(3)8-9-22-16/h14,16H,4-11H2,1-3H3/t14-,16-/m0/s1. The highest BCUT2D eigenvalue weighted by Gasteiger charge is 2.37. The molecular formula is C17H27N3O3. The van der Waals surface area contributed by atoms with Crippen LogP contribution in [0.25, 0.3) is 0 Å². The number of rotatable bonds is 4. The molecule has 2 atom stereocenters. The molecule has 1 amide bonds. The number of morpholine rings is 1. The number of hydrogen-bond acceptors (Lipinski definition) is 5. The molecule has 3 heterocycles. The predicted octanol–water partition coefficient (Wildman–Crippen LogP) is 1.27. The van der Waals surface area contributed by atoms with Gasteiger partial charge in [0, 0.05) is 31.6 Å². The van der Waals surface area contributed by atoms with Crippen LogP contribution in [0.4, 0.5) is 0 Å².